The van der Waals surface area contributed by atoms with E-state index in [2.05, 4.69) is 38.0 Å². The molecule has 1 fully saturated rings. The zero-order valence-corrected chi connectivity index (χ0v) is 15.0. The normalized spacial score (nSPS) is 25.0. The quantitative estimate of drug-likeness (QED) is 0.808. The van der Waals surface area contributed by atoms with E-state index in [9.17, 15) is 0 Å². The van der Waals surface area contributed by atoms with Crippen LogP contribution in [0.4, 0.5) is 0 Å². The summed E-state index contributed by atoms with van der Waals surface area (Å²) >= 11 is 1.80. The fourth-order valence-electron chi connectivity index (χ4n) is 3.68. The van der Waals surface area contributed by atoms with Gasteiger partial charge in [0, 0.05) is 17.1 Å². The van der Waals surface area contributed by atoms with Gasteiger partial charge in [0.05, 0.1) is 5.51 Å². The van der Waals surface area contributed by atoms with E-state index in [1.54, 1.807) is 11.3 Å². The first kappa shape index (κ1) is 17.0. The molecule has 1 aromatic heterocycles. The molecule has 3 heteroatoms. The van der Waals surface area contributed by atoms with Crippen molar-refractivity contribution in [3.05, 3.63) is 16.6 Å². The van der Waals surface area contributed by atoms with Gasteiger partial charge >= 0.3 is 0 Å². The molecule has 1 unspecified atom stereocenters. The third-order valence-electron chi connectivity index (χ3n) is 5.13. The van der Waals surface area contributed by atoms with Gasteiger partial charge in [-0.05, 0) is 62.3 Å². The van der Waals surface area contributed by atoms with E-state index in [0.29, 0.717) is 11.5 Å². The average molecular weight is 309 g/mol. The van der Waals surface area contributed by atoms with E-state index in [4.69, 9.17) is 0 Å². The molecule has 1 aliphatic carbocycles. The van der Waals surface area contributed by atoms with Crippen LogP contribution < -0.4 is 5.32 Å². The second kappa shape index (κ2) is 7.73. The number of aromatic nitrogens is 1. The van der Waals surface area contributed by atoms with E-state index in [1.807, 2.05) is 11.7 Å². The van der Waals surface area contributed by atoms with Crippen molar-refractivity contribution < 1.29 is 0 Å². The predicted molar refractivity (Wildman–Crippen MR) is 92.8 cm³/mol. The Hall–Kier alpha value is -0.410. The first-order valence-electron chi connectivity index (χ1n) is 8.61. The molecule has 1 N–H and O–H groups in total. The lowest BCUT2D eigenvalue weighted by molar-refractivity contribution is 0.132. The highest BCUT2D eigenvalue weighted by Gasteiger charge is 2.32. The summed E-state index contributed by atoms with van der Waals surface area (Å²) in [6, 6.07) is 0.645. The Kier molecular flexibility index (Phi) is 6.24. The molecule has 0 saturated heterocycles. The Morgan fingerprint density at radius 1 is 1.29 bits per heavy atom. The fraction of sp³-hybridized carbons (Fsp3) is 0.833. The van der Waals surface area contributed by atoms with Crippen molar-refractivity contribution in [1.29, 1.82) is 0 Å². The molecule has 0 radical (unpaired) electrons. The number of thiazole rings is 1. The fourth-order valence-corrected chi connectivity index (χ4v) is 4.34. The summed E-state index contributed by atoms with van der Waals surface area (Å²) < 4.78 is 0. The summed E-state index contributed by atoms with van der Waals surface area (Å²) in [5.74, 6) is 1.75. The van der Waals surface area contributed by atoms with Crippen LogP contribution in [0.15, 0.2) is 11.7 Å². The molecule has 0 amide bonds. The maximum absolute atomic E-state index is 4.24. The molecule has 1 heterocycles. The summed E-state index contributed by atoms with van der Waals surface area (Å²) in [5.41, 5.74) is 2.44. The van der Waals surface area contributed by atoms with Gasteiger partial charge in [-0.25, -0.2) is 0 Å². The van der Waals surface area contributed by atoms with E-state index < -0.39 is 0 Å². The van der Waals surface area contributed by atoms with E-state index in [1.165, 1.54) is 37.0 Å². The lowest BCUT2D eigenvalue weighted by Gasteiger charge is -2.39. The van der Waals surface area contributed by atoms with Crippen molar-refractivity contribution in [2.45, 2.75) is 72.3 Å². The summed E-state index contributed by atoms with van der Waals surface area (Å²) in [7, 11) is 0. The van der Waals surface area contributed by atoms with E-state index >= 15 is 0 Å². The van der Waals surface area contributed by atoms with Crippen LogP contribution in [0.3, 0.4) is 0 Å². The maximum atomic E-state index is 4.24. The number of hydrogen-bond donors (Lipinski definition) is 1. The van der Waals surface area contributed by atoms with Gasteiger partial charge in [-0.3, -0.25) is 4.98 Å². The summed E-state index contributed by atoms with van der Waals surface area (Å²) in [4.78, 5) is 5.67. The Morgan fingerprint density at radius 3 is 2.52 bits per heavy atom. The van der Waals surface area contributed by atoms with Crippen molar-refractivity contribution in [1.82, 2.24) is 10.3 Å². The molecule has 1 saturated carbocycles. The van der Waals surface area contributed by atoms with Gasteiger partial charge in [-0.2, -0.15) is 0 Å². The predicted octanol–water partition coefficient (Wildman–Crippen LogP) is 4.91. The molecule has 1 aromatic rings. The minimum Gasteiger partial charge on any atom is -0.313 e. The van der Waals surface area contributed by atoms with Gasteiger partial charge in [0.1, 0.15) is 0 Å². The summed E-state index contributed by atoms with van der Waals surface area (Å²) in [6.45, 7) is 10.6. The van der Waals surface area contributed by atoms with Crippen LogP contribution in [0.25, 0.3) is 0 Å². The van der Waals surface area contributed by atoms with Crippen molar-refractivity contribution >= 4 is 11.3 Å². The minimum absolute atomic E-state index is 0.481. The van der Waals surface area contributed by atoms with Gasteiger partial charge in [0.2, 0.25) is 0 Å². The number of nitrogens with one attached hydrogen (secondary N) is 1. The Bertz CT molecular complexity index is 386. The van der Waals surface area contributed by atoms with Crippen LogP contribution in [0.1, 0.15) is 64.7 Å². The van der Waals surface area contributed by atoms with Crippen LogP contribution in [0.5, 0.6) is 0 Å². The van der Waals surface area contributed by atoms with E-state index in [0.717, 1.165) is 24.8 Å². The Labute approximate surface area is 134 Å². The van der Waals surface area contributed by atoms with Crippen LogP contribution in [-0.4, -0.2) is 17.6 Å². The highest BCUT2D eigenvalue weighted by atomic mass is 32.1. The van der Waals surface area contributed by atoms with Crippen molar-refractivity contribution in [2.24, 2.45) is 17.3 Å². The third-order valence-corrected chi connectivity index (χ3v) is 5.93. The third kappa shape index (κ3) is 5.07. The lowest BCUT2D eigenvalue weighted by atomic mass is 9.68. The maximum Gasteiger partial charge on any atom is 0.0794 e. The Balaban J connectivity index is 1.92. The SMILES string of the molecule is CCCNC(Cc1cncs1)C1CCC(C(C)(C)C)CC1. The zero-order valence-electron chi connectivity index (χ0n) is 14.2. The molecule has 0 aliphatic heterocycles. The number of nitrogens with zero attached hydrogens (tertiary/aromatic N) is 1. The zero-order chi connectivity index (χ0) is 15.3. The summed E-state index contributed by atoms with van der Waals surface area (Å²) in [5, 5.41) is 3.81. The lowest BCUT2D eigenvalue weighted by Crippen LogP contribution is -2.41. The second-order valence-corrected chi connectivity index (χ2v) is 8.68. The van der Waals surface area contributed by atoms with Crippen LogP contribution in [0, 0.1) is 17.3 Å². The molecule has 0 aromatic carbocycles. The molecule has 2 rings (SSSR count). The summed E-state index contributed by atoms with van der Waals surface area (Å²) in [6.07, 6.45) is 10.0. The van der Waals surface area contributed by atoms with Gasteiger partial charge in [-0.15, -0.1) is 11.3 Å². The second-order valence-electron chi connectivity index (χ2n) is 7.71. The largest absolute Gasteiger partial charge is 0.313 e. The number of hydrogen-bond acceptors (Lipinski definition) is 3. The van der Waals surface area contributed by atoms with Crippen LogP contribution >= 0.6 is 11.3 Å². The van der Waals surface area contributed by atoms with Crippen LogP contribution in [0.2, 0.25) is 0 Å². The van der Waals surface area contributed by atoms with Gasteiger partial charge < -0.3 is 5.32 Å². The molecule has 1 aliphatic rings. The topological polar surface area (TPSA) is 24.9 Å². The molecule has 0 spiro atoms. The first-order valence-corrected chi connectivity index (χ1v) is 9.49. The highest BCUT2D eigenvalue weighted by molar-refractivity contribution is 7.09. The first-order chi connectivity index (χ1) is 10.0. The smallest absolute Gasteiger partial charge is 0.0794 e. The Morgan fingerprint density at radius 2 is 2.00 bits per heavy atom. The standard InChI is InChI=1S/C18H32N2S/c1-5-10-20-17(11-16-12-19-13-21-16)14-6-8-15(9-7-14)18(2,3)4/h12-15,17,20H,5-11H2,1-4H3. The average Bonchev–Trinajstić information content (AvgIpc) is 2.95. The molecular formula is C18H32N2S. The van der Waals surface area contributed by atoms with Gasteiger partial charge in [0.25, 0.3) is 0 Å². The highest BCUT2D eigenvalue weighted by Crippen LogP contribution is 2.41. The van der Waals surface area contributed by atoms with Crippen molar-refractivity contribution in [3.8, 4) is 0 Å². The molecule has 0 bridgehead atoms. The van der Waals surface area contributed by atoms with Gasteiger partial charge in [0.15, 0.2) is 0 Å². The molecule has 21 heavy (non-hydrogen) atoms. The van der Waals surface area contributed by atoms with Gasteiger partial charge in [-0.1, -0.05) is 27.7 Å². The van der Waals surface area contributed by atoms with E-state index in [-0.39, 0.29) is 0 Å². The molecule has 2 nitrogen and oxygen atoms in total. The molecule has 120 valence electrons. The molecule has 1 atom stereocenters. The molecular weight excluding hydrogens is 276 g/mol. The minimum atomic E-state index is 0.481. The van der Waals surface area contributed by atoms with Crippen molar-refractivity contribution in [3.63, 3.8) is 0 Å². The van der Waals surface area contributed by atoms with Crippen molar-refractivity contribution in [2.75, 3.05) is 6.54 Å². The van der Waals surface area contributed by atoms with Crippen LogP contribution in [-0.2, 0) is 6.42 Å². The monoisotopic (exact) mass is 308 g/mol. The number of rotatable bonds is 6.